The first-order valence-corrected chi connectivity index (χ1v) is 5.22. The maximum Gasteiger partial charge on any atom is 0.147 e. The molecule has 1 atom stereocenters. The van der Waals surface area contributed by atoms with Crippen LogP contribution in [0.4, 0.5) is 0 Å². The number of ether oxygens (including phenoxy) is 2. The second kappa shape index (κ2) is 8.04. The third-order valence-electron chi connectivity index (χ3n) is 0.935. The van der Waals surface area contributed by atoms with Gasteiger partial charge in [0.15, 0.2) is 0 Å². The SMILES string of the molecule is CCOCOC(CCl)CI. The normalized spacial score (nSPS) is 13.5. The van der Waals surface area contributed by atoms with Crippen LogP contribution in [0.2, 0.25) is 0 Å². The number of rotatable bonds is 6. The quantitative estimate of drug-likeness (QED) is 0.320. The van der Waals surface area contributed by atoms with Crippen molar-refractivity contribution in [2.24, 2.45) is 0 Å². The molecule has 0 bridgehead atoms. The Hall–Kier alpha value is 0.940. The highest BCUT2D eigenvalue weighted by atomic mass is 127. The summed E-state index contributed by atoms with van der Waals surface area (Å²) in [7, 11) is 0. The minimum absolute atomic E-state index is 0.133. The maximum atomic E-state index is 5.56. The summed E-state index contributed by atoms with van der Waals surface area (Å²) in [6, 6.07) is 0. The Morgan fingerprint density at radius 2 is 2.30 bits per heavy atom. The van der Waals surface area contributed by atoms with E-state index < -0.39 is 0 Å². The molecule has 1 unspecified atom stereocenters. The lowest BCUT2D eigenvalue weighted by atomic mass is 10.5. The molecule has 0 aromatic heterocycles. The van der Waals surface area contributed by atoms with Gasteiger partial charge in [0.1, 0.15) is 6.79 Å². The van der Waals surface area contributed by atoms with E-state index in [1.54, 1.807) is 0 Å². The fourth-order valence-electron chi connectivity index (χ4n) is 0.358. The van der Waals surface area contributed by atoms with Crippen LogP contribution in [-0.2, 0) is 9.47 Å². The Labute approximate surface area is 80.4 Å². The molecular formula is C6H12ClIO2. The van der Waals surface area contributed by atoms with Crippen LogP contribution >= 0.6 is 34.2 Å². The maximum absolute atomic E-state index is 5.56. The lowest BCUT2D eigenvalue weighted by molar-refractivity contribution is -0.0713. The van der Waals surface area contributed by atoms with Gasteiger partial charge in [-0.25, -0.2) is 0 Å². The predicted octanol–water partition coefficient (Wildman–Crippen LogP) is 2.04. The van der Waals surface area contributed by atoms with Gasteiger partial charge in [-0.3, -0.25) is 0 Å². The van der Waals surface area contributed by atoms with Crippen molar-refractivity contribution >= 4 is 34.2 Å². The summed E-state index contributed by atoms with van der Waals surface area (Å²) >= 11 is 7.80. The topological polar surface area (TPSA) is 18.5 Å². The lowest BCUT2D eigenvalue weighted by Gasteiger charge is -2.10. The summed E-state index contributed by atoms with van der Waals surface area (Å²) in [6.45, 7) is 2.98. The van der Waals surface area contributed by atoms with E-state index in [0.29, 0.717) is 19.3 Å². The second-order valence-corrected chi connectivity index (χ2v) is 2.90. The number of halogens is 2. The van der Waals surface area contributed by atoms with E-state index in [9.17, 15) is 0 Å². The summed E-state index contributed by atoms with van der Waals surface area (Å²) in [5.41, 5.74) is 0. The summed E-state index contributed by atoms with van der Waals surface area (Å²) in [5, 5.41) is 0. The summed E-state index contributed by atoms with van der Waals surface area (Å²) in [5.74, 6) is 0.538. The molecule has 0 rings (SSSR count). The molecule has 0 saturated carbocycles. The molecule has 0 N–H and O–H groups in total. The van der Waals surface area contributed by atoms with Crippen molar-refractivity contribution in [2.75, 3.05) is 23.7 Å². The summed E-state index contributed by atoms with van der Waals surface area (Å²) < 4.78 is 11.1. The van der Waals surface area contributed by atoms with Crippen molar-refractivity contribution < 1.29 is 9.47 Å². The minimum Gasteiger partial charge on any atom is -0.356 e. The minimum atomic E-state index is 0.133. The van der Waals surface area contributed by atoms with E-state index in [-0.39, 0.29) is 6.10 Å². The highest BCUT2D eigenvalue weighted by molar-refractivity contribution is 14.1. The second-order valence-electron chi connectivity index (χ2n) is 1.71. The molecule has 0 spiro atoms. The van der Waals surface area contributed by atoms with Crippen molar-refractivity contribution in [3.63, 3.8) is 0 Å². The molecule has 0 aliphatic carbocycles. The lowest BCUT2D eigenvalue weighted by Crippen LogP contribution is -2.18. The highest BCUT2D eigenvalue weighted by Gasteiger charge is 2.03. The molecule has 62 valence electrons. The molecule has 0 aliphatic heterocycles. The van der Waals surface area contributed by atoms with Gasteiger partial charge in [0.2, 0.25) is 0 Å². The zero-order valence-corrected chi connectivity index (χ0v) is 8.89. The van der Waals surface area contributed by atoms with Gasteiger partial charge in [-0.05, 0) is 6.92 Å². The molecule has 0 radical (unpaired) electrons. The number of hydrogen-bond acceptors (Lipinski definition) is 2. The smallest absolute Gasteiger partial charge is 0.147 e. The van der Waals surface area contributed by atoms with Gasteiger partial charge in [0.05, 0.1) is 6.10 Å². The summed E-state index contributed by atoms with van der Waals surface area (Å²) in [6.07, 6.45) is 0.133. The third-order valence-corrected chi connectivity index (χ3v) is 2.26. The van der Waals surface area contributed by atoms with Crippen molar-refractivity contribution in [1.29, 1.82) is 0 Å². The zero-order chi connectivity index (χ0) is 7.82. The van der Waals surface area contributed by atoms with E-state index in [1.807, 2.05) is 6.92 Å². The zero-order valence-electron chi connectivity index (χ0n) is 5.98. The van der Waals surface area contributed by atoms with Crippen molar-refractivity contribution in [3.05, 3.63) is 0 Å². The van der Waals surface area contributed by atoms with E-state index in [4.69, 9.17) is 21.1 Å². The van der Waals surface area contributed by atoms with Crippen LogP contribution in [-0.4, -0.2) is 29.8 Å². The van der Waals surface area contributed by atoms with Gasteiger partial charge in [0.25, 0.3) is 0 Å². The van der Waals surface area contributed by atoms with Gasteiger partial charge in [-0.15, -0.1) is 11.6 Å². The molecule has 0 aromatic rings. The summed E-state index contributed by atoms with van der Waals surface area (Å²) in [4.78, 5) is 0. The van der Waals surface area contributed by atoms with Crippen LogP contribution in [0, 0.1) is 0 Å². The van der Waals surface area contributed by atoms with Gasteiger partial charge < -0.3 is 9.47 Å². The molecule has 0 amide bonds. The molecule has 0 aromatic carbocycles. The molecule has 0 aliphatic rings. The van der Waals surface area contributed by atoms with Crippen LogP contribution in [0.3, 0.4) is 0 Å². The van der Waals surface area contributed by atoms with Gasteiger partial charge in [0, 0.05) is 16.9 Å². The van der Waals surface area contributed by atoms with Gasteiger partial charge >= 0.3 is 0 Å². The van der Waals surface area contributed by atoms with Crippen LogP contribution < -0.4 is 0 Å². The first kappa shape index (κ1) is 10.9. The van der Waals surface area contributed by atoms with Crippen LogP contribution in [0.15, 0.2) is 0 Å². The molecule has 10 heavy (non-hydrogen) atoms. The first-order valence-electron chi connectivity index (χ1n) is 3.16. The molecular weight excluding hydrogens is 266 g/mol. The molecule has 0 fully saturated rings. The van der Waals surface area contributed by atoms with Crippen LogP contribution in [0.5, 0.6) is 0 Å². The van der Waals surface area contributed by atoms with Crippen molar-refractivity contribution in [1.82, 2.24) is 0 Å². The van der Waals surface area contributed by atoms with Gasteiger partial charge in [-0.2, -0.15) is 0 Å². The monoisotopic (exact) mass is 278 g/mol. The van der Waals surface area contributed by atoms with Crippen LogP contribution in [0.1, 0.15) is 6.92 Å². The Bertz CT molecular complexity index is 68.8. The Morgan fingerprint density at radius 3 is 2.70 bits per heavy atom. The van der Waals surface area contributed by atoms with E-state index >= 15 is 0 Å². The molecule has 2 nitrogen and oxygen atoms in total. The average Bonchev–Trinajstić information content (AvgIpc) is 1.99. The number of hydrogen-bond donors (Lipinski definition) is 0. The highest BCUT2D eigenvalue weighted by Crippen LogP contribution is 2.00. The first-order chi connectivity index (χ1) is 4.85. The van der Waals surface area contributed by atoms with E-state index in [0.717, 1.165) is 4.43 Å². The van der Waals surface area contributed by atoms with Gasteiger partial charge in [-0.1, -0.05) is 22.6 Å². The van der Waals surface area contributed by atoms with Crippen molar-refractivity contribution in [3.8, 4) is 0 Å². The van der Waals surface area contributed by atoms with E-state index in [2.05, 4.69) is 22.6 Å². The Morgan fingerprint density at radius 1 is 1.60 bits per heavy atom. The largest absolute Gasteiger partial charge is 0.356 e. The number of alkyl halides is 2. The van der Waals surface area contributed by atoms with E-state index in [1.165, 1.54) is 0 Å². The third kappa shape index (κ3) is 5.70. The molecule has 0 heterocycles. The fraction of sp³-hybridized carbons (Fsp3) is 1.00. The molecule has 4 heteroatoms. The Balaban J connectivity index is 3.09. The average molecular weight is 279 g/mol. The van der Waals surface area contributed by atoms with Crippen LogP contribution in [0.25, 0.3) is 0 Å². The standard InChI is InChI=1S/C6H12ClIO2/c1-2-9-5-10-6(3-7)4-8/h6H,2-5H2,1H3. The Kier molecular flexibility index (Phi) is 8.80. The van der Waals surface area contributed by atoms with Crippen molar-refractivity contribution in [2.45, 2.75) is 13.0 Å². The predicted molar refractivity (Wildman–Crippen MR) is 51.0 cm³/mol. The fourth-order valence-corrected chi connectivity index (χ4v) is 1.49. The molecule has 0 saturated heterocycles.